The predicted molar refractivity (Wildman–Crippen MR) is 124 cm³/mol. The zero-order chi connectivity index (χ0) is 22.2. The number of nitrogens with one attached hydrogen (secondary N) is 3. The molecule has 2 aliphatic heterocycles. The molecule has 1 fully saturated rings. The number of piperidine rings is 1. The number of carbonyl (C=O) groups excluding carboxylic acids is 1. The van der Waals surface area contributed by atoms with Crippen LogP contribution in [0.25, 0.3) is 0 Å². The smallest absolute Gasteiger partial charge is 0.233 e. The third kappa shape index (κ3) is 6.03. The molecule has 1 atom stereocenters. The Bertz CT molecular complexity index is 891. The molecule has 1 aromatic carbocycles. The highest BCUT2D eigenvalue weighted by Crippen LogP contribution is 2.31. The van der Waals surface area contributed by atoms with Gasteiger partial charge in [0.25, 0.3) is 0 Å². The molecule has 0 radical (unpaired) electrons. The van der Waals surface area contributed by atoms with Crippen LogP contribution >= 0.6 is 0 Å². The number of likely N-dealkylation sites (tertiary alicyclic amines) is 1. The van der Waals surface area contributed by atoms with Crippen molar-refractivity contribution in [1.29, 1.82) is 0 Å². The second-order valence-electron chi connectivity index (χ2n) is 8.30. The van der Waals surface area contributed by atoms with E-state index in [1.165, 1.54) is 5.56 Å². The van der Waals surface area contributed by atoms with Gasteiger partial charge in [0.05, 0.1) is 25.5 Å². The molecule has 3 heterocycles. The van der Waals surface area contributed by atoms with Crippen molar-refractivity contribution in [2.45, 2.75) is 37.8 Å². The maximum absolute atomic E-state index is 11.7. The van der Waals surface area contributed by atoms with Crippen LogP contribution in [0.5, 0.6) is 5.75 Å². The monoisotopic (exact) mass is 439 g/mol. The first-order valence-electron chi connectivity index (χ1n) is 11.5. The average Bonchev–Trinajstić information content (AvgIpc) is 3.34. The molecule has 2 aliphatic rings. The number of hydrogen-bond donors (Lipinski definition) is 3. The molecule has 2 aromatic rings. The number of benzene rings is 1. The Hall–Kier alpha value is -3.00. The minimum atomic E-state index is 0.0661. The first-order chi connectivity index (χ1) is 15.7. The number of nitrogens with zero attached hydrogens (tertiary/aromatic N) is 2. The maximum atomic E-state index is 11.7. The molecular formula is C24H33N5O3. The highest BCUT2D eigenvalue weighted by molar-refractivity contribution is 5.81. The lowest BCUT2D eigenvalue weighted by Gasteiger charge is -2.34. The second kappa shape index (κ2) is 11.0. The number of likely N-dealkylation sites (N-methyl/N-ethyl adjacent to an activating group) is 1. The number of carbonyl (C=O) groups is 1. The van der Waals surface area contributed by atoms with E-state index in [0.717, 1.165) is 56.2 Å². The van der Waals surface area contributed by atoms with Gasteiger partial charge in [-0.15, -0.1) is 0 Å². The summed E-state index contributed by atoms with van der Waals surface area (Å²) in [5.41, 5.74) is 1.17. The lowest BCUT2D eigenvalue weighted by atomic mass is 10.0. The number of furan rings is 1. The normalized spacial score (nSPS) is 19.7. The Morgan fingerprint density at radius 2 is 1.97 bits per heavy atom. The highest BCUT2D eigenvalue weighted by atomic mass is 16.5. The van der Waals surface area contributed by atoms with Crippen LogP contribution in [0.2, 0.25) is 0 Å². The number of fused-ring (bicyclic) bond motifs is 1. The third-order valence-electron chi connectivity index (χ3n) is 6.05. The average molecular weight is 440 g/mol. The van der Waals surface area contributed by atoms with Gasteiger partial charge in [-0.3, -0.25) is 14.7 Å². The van der Waals surface area contributed by atoms with Crippen LogP contribution in [0.3, 0.4) is 0 Å². The predicted octanol–water partition coefficient (Wildman–Crippen LogP) is 2.09. The Balaban J connectivity index is 1.39. The number of rotatable bonds is 7. The Kier molecular flexibility index (Phi) is 7.66. The van der Waals surface area contributed by atoms with E-state index in [1.807, 2.05) is 30.3 Å². The number of amides is 1. The van der Waals surface area contributed by atoms with Gasteiger partial charge in [-0.1, -0.05) is 18.2 Å². The van der Waals surface area contributed by atoms with E-state index in [2.05, 4.69) is 26.9 Å². The summed E-state index contributed by atoms with van der Waals surface area (Å²) in [6, 6.07) is 12.5. The lowest BCUT2D eigenvalue weighted by Crippen LogP contribution is -2.50. The topological polar surface area (TPSA) is 91.1 Å². The number of para-hydroxylation sites is 1. The molecule has 3 N–H and O–H groups in total. The summed E-state index contributed by atoms with van der Waals surface area (Å²) in [6.45, 7) is 3.58. The van der Waals surface area contributed by atoms with Gasteiger partial charge in [0.15, 0.2) is 5.96 Å². The standard InChI is InChI=1S/C24H33N5O3/c1-25-23(30)17-29-13-9-18(10-14-29)27-24(26-12-8-19-5-4-15-31-19)28-21-11-16-32-22-7-3-2-6-20(21)22/h2-7,15,18,21H,8-14,16-17H2,1H3,(H,25,30)(H2,26,27,28). The maximum Gasteiger partial charge on any atom is 0.233 e. The van der Waals surface area contributed by atoms with Gasteiger partial charge in [0, 0.05) is 51.1 Å². The van der Waals surface area contributed by atoms with E-state index < -0.39 is 0 Å². The van der Waals surface area contributed by atoms with Crippen molar-refractivity contribution in [3.05, 3.63) is 54.0 Å². The summed E-state index contributed by atoms with van der Waals surface area (Å²) in [5, 5.41) is 9.99. The van der Waals surface area contributed by atoms with Crippen molar-refractivity contribution in [3.63, 3.8) is 0 Å². The van der Waals surface area contributed by atoms with Crippen LogP contribution in [0, 0.1) is 0 Å². The molecule has 0 aliphatic carbocycles. The van der Waals surface area contributed by atoms with Gasteiger partial charge in [0.1, 0.15) is 11.5 Å². The van der Waals surface area contributed by atoms with Gasteiger partial charge < -0.3 is 25.1 Å². The van der Waals surface area contributed by atoms with E-state index in [1.54, 1.807) is 13.3 Å². The molecule has 8 heteroatoms. The van der Waals surface area contributed by atoms with Crippen LogP contribution in [0.1, 0.15) is 36.6 Å². The summed E-state index contributed by atoms with van der Waals surface area (Å²) in [7, 11) is 1.68. The second-order valence-corrected chi connectivity index (χ2v) is 8.30. The Morgan fingerprint density at radius 1 is 1.12 bits per heavy atom. The number of guanidine groups is 1. The molecule has 1 saturated heterocycles. The van der Waals surface area contributed by atoms with Gasteiger partial charge in [-0.05, 0) is 31.0 Å². The number of ether oxygens (including phenoxy) is 1. The molecule has 1 aromatic heterocycles. The Labute approximate surface area is 189 Å². The van der Waals surface area contributed by atoms with E-state index >= 15 is 0 Å². The van der Waals surface area contributed by atoms with Crippen LogP contribution in [0.4, 0.5) is 0 Å². The van der Waals surface area contributed by atoms with E-state index in [-0.39, 0.29) is 11.9 Å². The summed E-state index contributed by atoms with van der Waals surface area (Å²) >= 11 is 0. The molecule has 0 spiro atoms. The first kappa shape index (κ1) is 22.2. The molecule has 1 unspecified atom stereocenters. The molecule has 1 amide bonds. The fraction of sp³-hybridized carbons (Fsp3) is 0.500. The quantitative estimate of drug-likeness (QED) is 0.452. The minimum absolute atomic E-state index is 0.0661. The SMILES string of the molecule is CNC(=O)CN1CCC(NC(=NCCc2ccco2)NC2CCOc3ccccc32)CC1. The minimum Gasteiger partial charge on any atom is -0.493 e. The van der Waals surface area contributed by atoms with Crippen molar-refractivity contribution in [2.75, 3.05) is 39.8 Å². The first-order valence-corrected chi connectivity index (χ1v) is 11.5. The van der Waals surface area contributed by atoms with Crippen molar-refractivity contribution < 1.29 is 13.9 Å². The largest absolute Gasteiger partial charge is 0.493 e. The molecule has 0 bridgehead atoms. The van der Waals surface area contributed by atoms with Crippen LogP contribution in [-0.4, -0.2) is 62.6 Å². The Morgan fingerprint density at radius 3 is 2.75 bits per heavy atom. The van der Waals surface area contributed by atoms with Crippen molar-refractivity contribution in [2.24, 2.45) is 4.99 Å². The third-order valence-corrected chi connectivity index (χ3v) is 6.05. The van der Waals surface area contributed by atoms with Gasteiger partial charge in [-0.25, -0.2) is 0 Å². The fourth-order valence-electron chi connectivity index (χ4n) is 4.23. The molecule has 32 heavy (non-hydrogen) atoms. The number of aliphatic imine (C=N–C) groups is 1. The molecule has 172 valence electrons. The summed E-state index contributed by atoms with van der Waals surface area (Å²) in [4.78, 5) is 18.7. The molecular weight excluding hydrogens is 406 g/mol. The molecule has 0 saturated carbocycles. The van der Waals surface area contributed by atoms with Crippen LogP contribution < -0.4 is 20.7 Å². The van der Waals surface area contributed by atoms with E-state index in [9.17, 15) is 4.79 Å². The van der Waals surface area contributed by atoms with Crippen molar-refractivity contribution in [3.8, 4) is 5.75 Å². The number of hydrogen-bond acceptors (Lipinski definition) is 5. The zero-order valence-corrected chi connectivity index (χ0v) is 18.7. The molecule has 4 rings (SSSR count). The summed E-state index contributed by atoms with van der Waals surface area (Å²) in [5.74, 6) is 2.76. The highest BCUT2D eigenvalue weighted by Gasteiger charge is 2.25. The van der Waals surface area contributed by atoms with Crippen molar-refractivity contribution in [1.82, 2.24) is 20.9 Å². The van der Waals surface area contributed by atoms with Gasteiger partial charge in [-0.2, -0.15) is 0 Å². The van der Waals surface area contributed by atoms with E-state index in [0.29, 0.717) is 25.7 Å². The van der Waals surface area contributed by atoms with E-state index in [4.69, 9.17) is 14.1 Å². The summed E-state index contributed by atoms with van der Waals surface area (Å²) in [6.07, 6.45) is 5.29. The zero-order valence-electron chi connectivity index (χ0n) is 18.7. The van der Waals surface area contributed by atoms with Crippen LogP contribution in [-0.2, 0) is 11.2 Å². The van der Waals surface area contributed by atoms with Gasteiger partial charge >= 0.3 is 0 Å². The van der Waals surface area contributed by atoms with Crippen LogP contribution in [0.15, 0.2) is 52.1 Å². The molecule has 8 nitrogen and oxygen atoms in total. The summed E-state index contributed by atoms with van der Waals surface area (Å²) < 4.78 is 11.3. The fourth-order valence-corrected chi connectivity index (χ4v) is 4.23. The van der Waals surface area contributed by atoms with Crippen molar-refractivity contribution >= 4 is 11.9 Å². The lowest BCUT2D eigenvalue weighted by molar-refractivity contribution is -0.122. The van der Waals surface area contributed by atoms with Gasteiger partial charge in [0.2, 0.25) is 5.91 Å².